The van der Waals surface area contributed by atoms with Crippen molar-refractivity contribution >= 4 is 37.3 Å². The highest BCUT2D eigenvalue weighted by molar-refractivity contribution is 9.10. The van der Waals surface area contributed by atoms with E-state index in [1.54, 1.807) is 18.4 Å². The molecule has 0 aliphatic heterocycles. The van der Waals surface area contributed by atoms with Crippen LogP contribution in [0.3, 0.4) is 0 Å². The van der Waals surface area contributed by atoms with Gasteiger partial charge < -0.3 is 5.32 Å². The first-order valence-electron chi connectivity index (χ1n) is 6.21. The average Bonchev–Trinajstić information content (AvgIpc) is 2.70. The summed E-state index contributed by atoms with van der Waals surface area (Å²) in [5, 5.41) is 5.18. The Morgan fingerprint density at radius 2 is 2.16 bits per heavy atom. The smallest absolute Gasteiger partial charge is 0.214 e. The number of sulfonamides is 1. The zero-order valence-electron chi connectivity index (χ0n) is 11.5. The molecule has 0 fully saturated rings. The molecule has 4 nitrogen and oxygen atoms in total. The Bertz CT molecular complexity index is 486. The number of hydrogen-bond acceptors (Lipinski definition) is 4. The van der Waals surface area contributed by atoms with Gasteiger partial charge in [0.25, 0.3) is 0 Å². The highest BCUT2D eigenvalue weighted by atomic mass is 79.9. The average molecular weight is 369 g/mol. The summed E-state index contributed by atoms with van der Waals surface area (Å²) >= 11 is 4.93. The molecule has 1 heterocycles. The predicted octanol–water partition coefficient (Wildman–Crippen LogP) is 2.66. The van der Waals surface area contributed by atoms with E-state index in [4.69, 9.17) is 0 Å². The van der Waals surface area contributed by atoms with Crippen LogP contribution in [-0.4, -0.2) is 38.1 Å². The molecule has 1 rings (SSSR count). The van der Waals surface area contributed by atoms with Crippen LogP contribution in [0.5, 0.6) is 0 Å². The van der Waals surface area contributed by atoms with E-state index >= 15 is 0 Å². The quantitative estimate of drug-likeness (QED) is 0.717. The Balaban J connectivity index is 2.43. The van der Waals surface area contributed by atoms with E-state index in [0.717, 1.165) is 15.9 Å². The van der Waals surface area contributed by atoms with E-state index in [1.807, 2.05) is 11.4 Å². The van der Waals surface area contributed by atoms with Crippen molar-refractivity contribution in [3.8, 4) is 0 Å². The largest absolute Gasteiger partial charge is 0.314 e. The normalized spacial score (nSPS) is 12.5. The second-order valence-electron chi connectivity index (χ2n) is 4.77. The number of rotatable bonds is 8. The van der Waals surface area contributed by atoms with E-state index in [0.29, 0.717) is 19.0 Å². The van der Waals surface area contributed by atoms with Gasteiger partial charge in [-0.15, -0.1) is 11.3 Å². The van der Waals surface area contributed by atoms with Crippen LogP contribution < -0.4 is 5.32 Å². The van der Waals surface area contributed by atoms with Crippen LogP contribution in [0.2, 0.25) is 0 Å². The molecule has 0 unspecified atom stereocenters. The van der Waals surface area contributed by atoms with Crippen molar-refractivity contribution in [2.24, 2.45) is 0 Å². The molecule has 1 N–H and O–H groups in total. The third kappa shape index (κ3) is 6.35. The van der Waals surface area contributed by atoms with Gasteiger partial charge >= 0.3 is 0 Å². The maximum atomic E-state index is 12.1. The van der Waals surface area contributed by atoms with Gasteiger partial charge in [0.1, 0.15) is 0 Å². The van der Waals surface area contributed by atoms with Crippen molar-refractivity contribution < 1.29 is 8.42 Å². The minimum absolute atomic E-state index is 0.190. The van der Waals surface area contributed by atoms with Gasteiger partial charge in [-0.2, -0.15) is 4.31 Å². The molecule has 0 saturated carbocycles. The van der Waals surface area contributed by atoms with Gasteiger partial charge in [-0.3, -0.25) is 0 Å². The third-order valence-electron chi connectivity index (χ3n) is 2.61. The first-order valence-corrected chi connectivity index (χ1v) is 9.50. The molecule has 1 aromatic rings. The summed E-state index contributed by atoms with van der Waals surface area (Å²) in [5.41, 5.74) is 0. The fraction of sp³-hybridized carbons (Fsp3) is 0.667. The number of hydrogen-bond donors (Lipinski definition) is 1. The zero-order valence-corrected chi connectivity index (χ0v) is 14.7. The molecule has 0 aromatic carbocycles. The van der Waals surface area contributed by atoms with Crippen LogP contribution in [0.4, 0.5) is 0 Å². The van der Waals surface area contributed by atoms with Crippen LogP contribution in [0.1, 0.15) is 25.1 Å². The second kappa shape index (κ2) is 7.73. The fourth-order valence-electron chi connectivity index (χ4n) is 1.56. The van der Waals surface area contributed by atoms with Crippen molar-refractivity contribution in [2.45, 2.75) is 32.9 Å². The molecular weight excluding hydrogens is 348 g/mol. The van der Waals surface area contributed by atoms with Crippen LogP contribution in [-0.2, 0) is 16.6 Å². The second-order valence-corrected chi connectivity index (χ2v) is 8.87. The van der Waals surface area contributed by atoms with Gasteiger partial charge in [0, 0.05) is 34.4 Å². The summed E-state index contributed by atoms with van der Waals surface area (Å²) in [6, 6.07) is 2.35. The lowest BCUT2D eigenvalue weighted by molar-refractivity contribution is 0.466. The van der Waals surface area contributed by atoms with Gasteiger partial charge in [0.2, 0.25) is 10.0 Å². The van der Waals surface area contributed by atoms with E-state index in [1.165, 1.54) is 4.31 Å². The Morgan fingerprint density at radius 3 is 2.68 bits per heavy atom. The summed E-state index contributed by atoms with van der Waals surface area (Å²) in [6.07, 6.45) is 0.638. The number of halogens is 1. The molecule has 0 radical (unpaired) electrons. The van der Waals surface area contributed by atoms with Gasteiger partial charge in [-0.05, 0) is 35.0 Å². The Labute approximate surface area is 128 Å². The molecule has 1 aromatic heterocycles. The zero-order chi connectivity index (χ0) is 14.5. The minimum Gasteiger partial charge on any atom is -0.314 e. The number of thiophene rings is 1. The van der Waals surface area contributed by atoms with Crippen LogP contribution >= 0.6 is 27.3 Å². The van der Waals surface area contributed by atoms with E-state index in [2.05, 4.69) is 35.1 Å². The maximum absolute atomic E-state index is 12.1. The summed E-state index contributed by atoms with van der Waals surface area (Å²) in [4.78, 5) is 1.04. The lowest BCUT2D eigenvalue weighted by Gasteiger charge is -2.16. The Kier molecular flexibility index (Phi) is 6.96. The third-order valence-corrected chi connectivity index (χ3v) is 6.17. The van der Waals surface area contributed by atoms with Crippen molar-refractivity contribution in [3.05, 3.63) is 20.8 Å². The highest BCUT2D eigenvalue weighted by Crippen LogP contribution is 2.21. The van der Waals surface area contributed by atoms with Gasteiger partial charge in [0.05, 0.1) is 5.75 Å². The summed E-state index contributed by atoms with van der Waals surface area (Å²) < 4.78 is 26.6. The van der Waals surface area contributed by atoms with Crippen molar-refractivity contribution in [3.63, 3.8) is 0 Å². The van der Waals surface area contributed by atoms with Crippen molar-refractivity contribution in [2.75, 3.05) is 19.3 Å². The van der Waals surface area contributed by atoms with E-state index in [9.17, 15) is 8.42 Å². The van der Waals surface area contributed by atoms with Gasteiger partial charge in [0.15, 0.2) is 0 Å². The molecule has 0 bridgehead atoms. The molecule has 19 heavy (non-hydrogen) atoms. The van der Waals surface area contributed by atoms with Crippen LogP contribution in [0, 0.1) is 0 Å². The Morgan fingerprint density at radius 1 is 1.47 bits per heavy atom. The fourth-order valence-corrected chi connectivity index (χ4v) is 4.30. The lowest BCUT2D eigenvalue weighted by atomic mass is 10.4. The van der Waals surface area contributed by atoms with Gasteiger partial charge in [-0.1, -0.05) is 13.8 Å². The van der Waals surface area contributed by atoms with Gasteiger partial charge in [-0.25, -0.2) is 8.42 Å². The summed E-state index contributed by atoms with van der Waals surface area (Å²) in [5.74, 6) is 0.190. The molecule has 0 saturated heterocycles. The maximum Gasteiger partial charge on any atom is 0.214 e. The lowest BCUT2D eigenvalue weighted by Crippen LogP contribution is -2.31. The molecule has 0 aliphatic rings. The van der Waals surface area contributed by atoms with Crippen molar-refractivity contribution in [1.82, 2.24) is 9.62 Å². The molecular formula is C12H21BrN2O2S2. The van der Waals surface area contributed by atoms with E-state index in [-0.39, 0.29) is 5.75 Å². The topological polar surface area (TPSA) is 49.4 Å². The number of nitrogens with one attached hydrogen (secondary N) is 1. The van der Waals surface area contributed by atoms with Crippen molar-refractivity contribution in [1.29, 1.82) is 0 Å². The first-order chi connectivity index (χ1) is 8.81. The molecule has 0 spiro atoms. The van der Waals surface area contributed by atoms with Crippen LogP contribution in [0.15, 0.2) is 15.9 Å². The molecule has 0 amide bonds. The minimum atomic E-state index is -3.16. The molecule has 110 valence electrons. The predicted molar refractivity (Wildman–Crippen MR) is 85.0 cm³/mol. The number of nitrogens with zero attached hydrogens (tertiary/aromatic N) is 1. The van der Waals surface area contributed by atoms with Crippen LogP contribution in [0.25, 0.3) is 0 Å². The monoisotopic (exact) mass is 368 g/mol. The Hall–Kier alpha value is 0.0500. The first kappa shape index (κ1) is 17.1. The van der Waals surface area contributed by atoms with E-state index < -0.39 is 10.0 Å². The molecule has 0 atom stereocenters. The summed E-state index contributed by atoms with van der Waals surface area (Å²) in [7, 11) is -1.52. The molecule has 7 heteroatoms. The summed E-state index contributed by atoms with van der Waals surface area (Å²) in [6.45, 7) is 5.27. The SMILES string of the molecule is CC(C)NCCCS(=O)(=O)N(C)Cc1cc(Br)cs1. The highest BCUT2D eigenvalue weighted by Gasteiger charge is 2.18. The standard InChI is InChI=1S/C12H21BrN2O2S2/c1-10(2)14-5-4-6-19(16,17)15(3)8-12-7-11(13)9-18-12/h7,9-10,14H,4-6,8H2,1-3H3. The molecule has 0 aliphatic carbocycles.